The second kappa shape index (κ2) is 24.4. The molecule has 0 aliphatic rings. The van der Waals surface area contributed by atoms with Crippen molar-refractivity contribution in [2.75, 3.05) is 0 Å². The predicted molar refractivity (Wildman–Crippen MR) is 257 cm³/mol. The number of nitrogens with zero attached hydrogens (tertiary/aromatic N) is 4. The van der Waals surface area contributed by atoms with Crippen LogP contribution in [0.2, 0.25) is 0 Å². The molecule has 4 heterocycles. The Kier molecular flexibility index (Phi) is 18.5. The minimum Gasteiger partial charge on any atom is -0.361 e. The van der Waals surface area contributed by atoms with Gasteiger partial charge < -0.3 is 18.1 Å². The standard InChI is InChI=1S/2C15H19NO.C14H17NO.C11H11NO/c2*1-4-5-6-14-12(3)15(16-17-14)13-9-7-11(2)8-10-13;1-3-4-10-13-11(2)14(15-16-13)12-8-6-5-7-9-12;1-8-9(2)13-12-11(8)10-6-4-3-5-7-10/h2*7-10H,4-6H2,1-3H3;5-9H,3-4,10H2,1-2H3;3-7H,1-2H3. The number of rotatable bonds is 13. The molecule has 0 amide bonds. The summed E-state index contributed by atoms with van der Waals surface area (Å²) in [4.78, 5) is 0. The largest absolute Gasteiger partial charge is 0.361 e. The maximum absolute atomic E-state index is 5.43. The lowest BCUT2D eigenvalue weighted by Crippen LogP contribution is -1.86. The summed E-state index contributed by atoms with van der Waals surface area (Å²) in [5, 5.41) is 16.6. The van der Waals surface area contributed by atoms with E-state index in [0.29, 0.717) is 0 Å². The van der Waals surface area contributed by atoms with Gasteiger partial charge >= 0.3 is 0 Å². The number of benzene rings is 4. The van der Waals surface area contributed by atoms with Gasteiger partial charge in [0, 0.05) is 63.8 Å². The highest BCUT2D eigenvalue weighted by atomic mass is 16.5. The zero-order valence-corrected chi connectivity index (χ0v) is 39.2. The fourth-order valence-corrected chi connectivity index (χ4v) is 6.93. The van der Waals surface area contributed by atoms with Gasteiger partial charge in [-0.1, -0.05) is 181 Å². The molecule has 4 aromatic carbocycles. The van der Waals surface area contributed by atoms with Crippen molar-refractivity contribution in [2.24, 2.45) is 0 Å². The van der Waals surface area contributed by atoms with Gasteiger partial charge in [-0.2, -0.15) is 0 Å². The average Bonchev–Trinajstić information content (AvgIpc) is 4.08. The molecule has 330 valence electrons. The molecule has 0 bridgehead atoms. The van der Waals surface area contributed by atoms with Crippen molar-refractivity contribution >= 4 is 0 Å². The SMILES string of the molecule is CCCCc1onc(-c2ccc(C)cc2)c1C.CCCCc1onc(-c2ccc(C)cc2)c1C.CCCCc1onc(-c2ccccc2)c1C.Cc1onc(-c2ccccc2)c1C. The molecule has 0 saturated heterocycles. The van der Waals surface area contributed by atoms with Gasteiger partial charge in [0.15, 0.2) is 0 Å². The average molecular weight is 847 g/mol. The zero-order chi connectivity index (χ0) is 45.1. The van der Waals surface area contributed by atoms with E-state index in [-0.39, 0.29) is 0 Å². The van der Waals surface area contributed by atoms with E-state index in [9.17, 15) is 0 Å². The maximum Gasteiger partial charge on any atom is 0.140 e. The number of unbranched alkanes of at least 4 members (excludes halogenated alkanes) is 3. The topological polar surface area (TPSA) is 104 Å². The first-order chi connectivity index (χ1) is 30.6. The molecule has 0 radical (unpaired) electrons. The van der Waals surface area contributed by atoms with Gasteiger partial charge in [0.25, 0.3) is 0 Å². The van der Waals surface area contributed by atoms with Crippen molar-refractivity contribution in [3.8, 4) is 45.0 Å². The summed E-state index contributed by atoms with van der Waals surface area (Å²) in [6.45, 7) is 21.0. The third-order valence-corrected chi connectivity index (χ3v) is 11.2. The molecule has 0 N–H and O–H groups in total. The highest BCUT2D eigenvalue weighted by Crippen LogP contribution is 2.28. The van der Waals surface area contributed by atoms with Gasteiger partial charge in [0.2, 0.25) is 0 Å². The molecule has 63 heavy (non-hydrogen) atoms. The van der Waals surface area contributed by atoms with E-state index in [4.69, 9.17) is 18.1 Å². The highest BCUT2D eigenvalue weighted by Gasteiger charge is 2.15. The third kappa shape index (κ3) is 13.4. The van der Waals surface area contributed by atoms with Crippen LogP contribution in [0.5, 0.6) is 0 Å². The summed E-state index contributed by atoms with van der Waals surface area (Å²) >= 11 is 0. The van der Waals surface area contributed by atoms with E-state index in [1.165, 1.54) is 47.1 Å². The molecule has 0 atom stereocenters. The highest BCUT2D eigenvalue weighted by molar-refractivity contribution is 5.65. The summed E-state index contributed by atoms with van der Waals surface area (Å²) in [7, 11) is 0. The fourth-order valence-electron chi connectivity index (χ4n) is 6.93. The molecular weight excluding hydrogens is 781 g/mol. The lowest BCUT2D eigenvalue weighted by molar-refractivity contribution is 0.381. The molecule has 8 rings (SSSR count). The first-order valence-electron chi connectivity index (χ1n) is 22.6. The van der Waals surface area contributed by atoms with Gasteiger partial charge in [-0.3, -0.25) is 0 Å². The van der Waals surface area contributed by atoms with Crippen LogP contribution in [0.1, 0.15) is 116 Å². The number of hydrogen-bond acceptors (Lipinski definition) is 8. The fraction of sp³-hybridized carbons (Fsp3) is 0.345. The van der Waals surface area contributed by atoms with E-state index in [0.717, 1.165) is 112 Å². The Morgan fingerprint density at radius 1 is 0.333 bits per heavy atom. The van der Waals surface area contributed by atoms with Crippen LogP contribution in [0.25, 0.3) is 45.0 Å². The second-order valence-corrected chi connectivity index (χ2v) is 16.2. The van der Waals surface area contributed by atoms with Crippen LogP contribution >= 0.6 is 0 Å². The van der Waals surface area contributed by atoms with Gasteiger partial charge in [-0.25, -0.2) is 0 Å². The van der Waals surface area contributed by atoms with E-state index >= 15 is 0 Å². The molecule has 8 aromatic rings. The van der Waals surface area contributed by atoms with Crippen molar-refractivity contribution in [2.45, 2.75) is 127 Å². The van der Waals surface area contributed by atoms with Crippen molar-refractivity contribution in [1.29, 1.82) is 0 Å². The smallest absolute Gasteiger partial charge is 0.140 e. The van der Waals surface area contributed by atoms with Crippen molar-refractivity contribution < 1.29 is 18.1 Å². The first kappa shape index (κ1) is 47.8. The van der Waals surface area contributed by atoms with Crippen LogP contribution < -0.4 is 0 Å². The predicted octanol–water partition coefficient (Wildman–Crippen LogP) is 15.6. The van der Waals surface area contributed by atoms with Crippen LogP contribution in [0.4, 0.5) is 0 Å². The van der Waals surface area contributed by atoms with Crippen LogP contribution in [-0.4, -0.2) is 20.6 Å². The summed E-state index contributed by atoms with van der Waals surface area (Å²) in [5.74, 6) is 3.98. The Morgan fingerprint density at radius 3 is 0.905 bits per heavy atom. The quantitative estimate of drug-likeness (QED) is 0.113. The Labute approximate surface area is 375 Å². The lowest BCUT2D eigenvalue weighted by Gasteiger charge is -1.99. The molecule has 0 spiro atoms. The van der Waals surface area contributed by atoms with Crippen molar-refractivity contribution in [1.82, 2.24) is 20.6 Å². The number of aromatic nitrogens is 4. The van der Waals surface area contributed by atoms with Gasteiger partial charge in [-0.15, -0.1) is 0 Å². The van der Waals surface area contributed by atoms with Crippen LogP contribution in [0.3, 0.4) is 0 Å². The molecule has 0 unspecified atom stereocenters. The molecule has 4 aromatic heterocycles. The summed E-state index contributed by atoms with van der Waals surface area (Å²) in [6, 6.07) is 37.1. The summed E-state index contributed by atoms with van der Waals surface area (Å²) in [6.07, 6.45) is 9.97. The summed E-state index contributed by atoms with van der Waals surface area (Å²) in [5.41, 5.74) is 15.6. The van der Waals surface area contributed by atoms with Crippen molar-refractivity contribution in [3.05, 3.63) is 166 Å². The van der Waals surface area contributed by atoms with Gasteiger partial charge in [-0.05, 0) is 67.7 Å². The molecule has 0 aliphatic carbocycles. The molecular formula is C55H66N4O4. The van der Waals surface area contributed by atoms with Crippen LogP contribution in [-0.2, 0) is 19.3 Å². The van der Waals surface area contributed by atoms with E-state index < -0.39 is 0 Å². The van der Waals surface area contributed by atoms with Crippen molar-refractivity contribution in [3.63, 3.8) is 0 Å². The van der Waals surface area contributed by atoms with Crippen LogP contribution in [0, 0.1) is 48.5 Å². The number of hydrogen-bond donors (Lipinski definition) is 0. The monoisotopic (exact) mass is 847 g/mol. The van der Waals surface area contributed by atoms with Crippen LogP contribution in [0.15, 0.2) is 127 Å². The van der Waals surface area contributed by atoms with Gasteiger partial charge in [0.05, 0.1) is 0 Å². The lowest BCUT2D eigenvalue weighted by atomic mass is 10.0. The minimum atomic E-state index is 0.888. The van der Waals surface area contributed by atoms with E-state index in [2.05, 4.69) is 137 Å². The molecule has 0 fully saturated rings. The maximum atomic E-state index is 5.43. The summed E-state index contributed by atoms with van der Waals surface area (Å²) < 4.78 is 21.4. The molecule has 8 nitrogen and oxygen atoms in total. The van der Waals surface area contributed by atoms with Gasteiger partial charge in [0.1, 0.15) is 45.8 Å². The molecule has 0 saturated carbocycles. The molecule has 8 heteroatoms. The Morgan fingerprint density at radius 2 is 0.619 bits per heavy atom. The Balaban J connectivity index is 0.000000159. The minimum absolute atomic E-state index is 0.888. The van der Waals surface area contributed by atoms with E-state index in [1.807, 2.05) is 62.4 Å². The first-order valence-corrected chi connectivity index (χ1v) is 22.6. The second-order valence-electron chi connectivity index (χ2n) is 16.2. The zero-order valence-electron chi connectivity index (χ0n) is 39.2. The Hall–Kier alpha value is -6.28. The number of aryl methyl sites for hydroxylation is 6. The Bertz CT molecular complexity index is 2430. The third-order valence-electron chi connectivity index (χ3n) is 11.2. The molecule has 0 aliphatic heterocycles. The van der Waals surface area contributed by atoms with E-state index in [1.54, 1.807) is 0 Å². The normalized spacial score (nSPS) is 10.6.